The first-order valence-electron chi connectivity index (χ1n) is 7.55. The third-order valence-electron chi connectivity index (χ3n) is 3.81. The molecule has 1 amide bonds. The van der Waals surface area contributed by atoms with E-state index in [1.54, 1.807) is 0 Å². The van der Waals surface area contributed by atoms with Crippen LogP contribution in [0.1, 0.15) is 52.4 Å². The first-order chi connectivity index (χ1) is 9.10. The van der Waals surface area contributed by atoms with Crippen molar-refractivity contribution >= 4 is 17.7 Å². The topological polar surface area (TPSA) is 46.3 Å². The fourth-order valence-electron chi connectivity index (χ4n) is 2.48. The van der Waals surface area contributed by atoms with Crippen molar-refractivity contribution in [1.82, 2.24) is 4.90 Å². The number of hydrogen-bond donors (Lipinski definition) is 1. The molecule has 0 rings (SSSR count). The van der Waals surface area contributed by atoms with E-state index in [0.29, 0.717) is 24.3 Å². The maximum Gasteiger partial charge on any atom is 0.222 e. The van der Waals surface area contributed by atoms with Crippen molar-refractivity contribution in [2.75, 3.05) is 25.6 Å². The highest BCUT2D eigenvalue weighted by Crippen LogP contribution is 2.18. The highest BCUT2D eigenvalue weighted by atomic mass is 32.2. The standard InChI is InChI=1S/C15H32N2OS/c1-5-7-13(10-11-16)8-9-15(18)17(3)14(6-2)12-19-4/h13-14H,5-12,16H2,1-4H3. The lowest BCUT2D eigenvalue weighted by molar-refractivity contribution is -0.132. The van der Waals surface area contributed by atoms with Gasteiger partial charge < -0.3 is 10.6 Å². The zero-order valence-electron chi connectivity index (χ0n) is 13.2. The lowest BCUT2D eigenvalue weighted by Crippen LogP contribution is -2.38. The maximum atomic E-state index is 12.2. The highest BCUT2D eigenvalue weighted by molar-refractivity contribution is 7.98. The van der Waals surface area contributed by atoms with Crippen LogP contribution < -0.4 is 5.73 Å². The van der Waals surface area contributed by atoms with Gasteiger partial charge in [0, 0.05) is 25.3 Å². The molecule has 3 nitrogen and oxygen atoms in total. The summed E-state index contributed by atoms with van der Waals surface area (Å²) >= 11 is 1.81. The molecule has 0 bridgehead atoms. The van der Waals surface area contributed by atoms with Crippen molar-refractivity contribution in [2.45, 2.75) is 58.4 Å². The molecule has 0 aromatic carbocycles. The van der Waals surface area contributed by atoms with Crippen LogP contribution in [-0.2, 0) is 4.79 Å². The van der Waals surface area contributed by atoms with Crippen molar-refractivity contribution in [3.8, 4) is 0 Å². The van der Waals surface area contributed by atoms with E-state index in [9.17, 15) is 4.79 Å². The van der Waals surface area contributed by atoms with Crippen LogP contribution in [0, 0.1) is 5.92 Å². The number of nitrogens with zero attached hydrogens (tertiary/aromatic N) is 1. The summed E-state index contributed by atoms with van der Waals surface area (Å²) in [4.78, 5) is 14.2. The molecule has 114 valence electrons. The molecular weight excluding hydrogens is 256 g/mol. The van der Waals surface area contributed by atoms with E-state index in [1.165, 1.54) is 12.8 Å². The monoisotopic (exact) mass is 288 g/mol. The largest absolute Gasteiger partial charge is 0.342 e. The van der Waals surface area contributed by atoms with Gasteiger partial charge in [-0.3, -0.25) is 4.79 Å². The molecule has 2 N–H and O–H groups in total. The van der Waals surface area contributed by atoms with Crippen molar-refractivity contribution in [1.29, 1.82) is 0 Å². The minimum absolute atomic E-state index is 0.291. The van der Waals surface area contributed by atoms with Crippen molar-refractivity contribution < 1.29 is 4.79 Å². The predicted molar refractivity (Wildman–Crippen MR) is 86.5 cm³/mol. The van der Waals surface area contributed by atoms with Gasteiger partial charge in [-0.15, -0.1) is 0 Å². The average Bonchev–Trinajstić information content (AvgIpc) is 2.41. The summed E-state index contributed by atoms with van der Waals surface area (Å²) < 4.78 is 0. The Bertz CT molecular complexity index is 230. The summed E-state index contributed by atoms with van der Waals surface area (Å²) in [5.74, 6) is 1.94. The van der Waals surface area contributed by atoms with Gasteiger partial charge in [-0.25, -0.2) is 0 Å². The number of hydrogen-bond acceptors (Lipinski definition) is 3. The molecule has 0 saturated carbocycles. The Morgan fingerprint density at radius 3 is 2.42 bits per heavy atom. The molecule has 0 aliphatic carbocycles. The predicted octanol–water partition coefficient (Wildman–Crippen LogP) is 3.13. The molecular formula is C15H32N2OS. The Kier molecular flexibility index (Phi) is 11.5. The van der Waals surface area contributed by atoms with E-state index in [-0.39, 0.29) is 0 Å². The summed E-state index contributed by atoms with van der Waals surface area (Å²) in [5, 5.41) is 0. The highest BCUT2D eigenvalue weighted by Gasteiger charge is 2.18. The molecule has 0 fully saturated rings. The fraction of sp³-hybridized carbons (Fsp3) is 0.933. The molecule has 0 heterocycles. The zero-order chi connectivity index (χ0) is 14.7. The van der Waals surface area contributed by atoms with Gasteiger partial charge in [-0.05, 0) is 38.0 Å². The van der Waals surface area contributed by atoms with E-state index < -0.39 is 0 Å². The molecule has 0 saturated heterocycles. The van der Waals surface area contributed by atoms with E-state index in [0.717, 1.165) is 31.6 Å². The van der Waals surface area contributed by atoms with Crippen LogP contribution >= 0.6 is 11.8 Å². The molecule has 0 aromatic rings. The van der Waals surface area contributed by atoms with Gasteiger partial charge in [0.15, 0.2) is 0 Å². The minimum Gasteiger partial charge on any atom is -0.342 e. The third-order valence-corrected chi connectivity index (χ3v) is 4.53. The van der Waals surface area contributed by atoms with Crippen molar-refractivity contribution in [3.63, 3.8) is 0 Å². The fourth-order valence-corrected chi connectivity index (χ4v) is 3.32. The van der Waals surface area contributed by atoms with Gasteiger partial charge in [0.05, 0.1) is 0 Å². The molecule has 2 unspecified atom stereocenters. The first kappa shape index (κ1) is 18.8. The van der Waals surface area contributed by atoms with Crippen LogP contribution in [0.4, 0.5) is 0 Å². The summed E-state index contributed by atoms with van der Waals surface area (Å²) in [7, 11) is 1.95. The molecule has 19 heavy (non-hydrogen) atoms. The Balaban J connectivity index is 4.18. The normalized spacial score (nSPS) is 14.2. The van der Waals surface area contributed by atoms with Crippen LogP contribution in [0.25, 0.3) is 0 Å². The minimum atomic E-state index is 0.291. The van der Waals surface area contributed by atoms with Crippen LogP contribution in [0.2, 0.25) is 0 Å². The molecule has 4 heteroatoms. The number of rotatable bonds is 11. The smallest absolute Gasteiger partial charge is 0.222 e. The number of carbonyl (C=O) groups is 1. The van der Waals surface area contributed by atoms with Gasteiger partial charge in [-0.1, -0.05) is 26.7 Å². The van der Waals surface area contributed by atoms with Gasteiger partial charge in [0.2, 0.25) is 5.91 Å². The van der Waals surface area contributed by atoms with Crippen LogP contribution in [0.5, 0.6) is 0 Å². The lowest BCUT2D eigenvalue weighted by atomic mass is 9.94. The van der Waals surface area contributed by atoms with E-state index in [4.69, 9.17) is 5.73 Å². The Morgan fingerprint density at radius 2 is 1.95 bits per heavy atom. The van der Waals surface area contributed by atoms with E-state index in [2.05, 4.69) is 20.1 Å². The zero-order valence-corrected chi connectivity index (χ0v) is 14.0. The summed E-state index contributed by atoms with van der Waals surface area (Å²) in [6, 6.07) is 0.377. The van der Waals surface area contributed by atoms with Gasteiger partial charge >= 0.3 is 0 Å². The van der Waals surface area contributed by atoms with Gasteiger partial charge in [-0.2, -0.15) is 11.8 Å². The van der Waals surface area contributed by atoms with Gasteiger partial charge in [0.25, 0.3) is 0 Å². The molecule has 0 aliphatic rings. The molecule has 0 spiro atoms. The van der Waals surface area contributed by atoms with E-state index >= 15 is 0 Å². The molecule has 0 aliphatic heterocycles. The molecule has 0 radical (unpaired) electrons. The SMILES string of the molecule is CCCC(CCN)CCC(=O)N(C)C(CC)CSC. The average molecular weight is 289 g/mol. The maximum absolute atomic E-state index is 12.2. The van der Waals surface area contributed by atoms with Crippen LogP contribution in [0.3, 0.4) is 0 Å². The summed E-state index contributed by atoms with van der Waals surface area (Å²) in [6.07, 6.45) is 8.21. The number of carbonyl (C=O) groups excluding carboxylic acids is 1. The number of amides is 1. The first-order valence-corrected chi connectivity index (χ1v) is 8.94. The summed E-state index contributed by atoms with van der Waals surface area (Å²) in [5.41, 5.74) is 5.64. The second-order valence-corrected chi connectivity index (χ2v) is 6.20. The van der Waals surface area contributed by atoms with Crippen molar-refractivity contribution in [3.05, 3.63) is 0 Å². The van der Waals surface area contributed by atoms with E-state index in [1.807, 2.05) is 23.7 Å². The lowest BCUT2D eigenvalue weighted by Gasteiger charge is -2.27. The van der Waals surface area contributed by atoms with Crippen molar-refractivity contribution in [2.24, 2.45) is 11.7 Å². The molecule has 0 aromatic heterocycles. The van der Waals surface area contributed by atoms with Crippen LogP contribution in [0.15, 0.2) is 0 Å². The quantitative estimate of drug-likeness (QED) is 0.635. The Morgan fingerprint density at radius 1 is 1.26 bits per heavy atom. The molecule has 2 atom stereocenters. The Hall–Kier alpha value is -0.220. The number of thioether (sulfide) groups is 1. The second kappa shape index (κ2) is 11.6. The van der Waals surface area contributed by atoms with Crippen LogP contribution in [-0.4, -0.2) is 42.4 Å². The second-order valence-electron chi connectivity index (χ2n) is 5.29. The Labute approximate surface area is 123 Å². The van der Waals surface area contributed by atoms with Gasteiger partial charge in [0.1, 0.15) is 0 Å². The third kappa shape index (κ3) is 7.83. The number of nitrogens with two attached hydrogens (primary N) is 1. The summed E-state index contributed by atoms with van der Waals surface area (Å²) in [6.45, 7) is 5.08.